The molecule has 0 radical (unpaired) electrons. The van der Waals surface area contributed by atoms with E-state index >= 15 is 0 Å². The van der Waals surface area contributed by atoms with E-state index in [1.54, 1.807) is 12.1 Å². The van der Waals surface area contributed by atoms with Crippen LogP contribution in [0.4, 0.5) is 4.39 Å². The monoisotopic (exact) mass is 364 g/mol. The highest BCUT2D eigenvalue weighted by Gasteiger charge is 2.56. The Bertz CT molecular complexity index is 645. The molecular formula is C20H29FN2O3. The van der Waals surface area contributed by atoms with Gasteiger partial charge in [0.15, 0.2) is 0 Å². The fourth-order valence-electron chi connectivity index (χ4n) is 3.42. The standard InChI is InChI=1S/C20H29FN2O3/c1-10(2)9-14(22)20(26)23-17(11(3)4)19(25)16-15(18(16)24)12-5-7-13(21)8-6-12/h5-8,10-11,14-17,19,25H,9,22H2,1-4H3,(H,23,26)/t14-,15?,16?,17-,19-/m0/s1. The third-order valence-electron chi connectivity index (χ3n) is 4.94. The normalized spacial score (nSPS) is 23.0. The molecule has 1 saturated carbocycles. The van der Waals surface area contributed by atoms with Gasteiger partial charge in [0.25, 0.3) is 0 Å². The molecular weight excluding hydrogens is 335 g/mol. The molecule has 5 atom stereocenters. The van der Waals surface area contributed by atoms with Crippen molar-refractivity contribution in [2.45, 2.75) is 58.2 Å². The molecule has 1 amide bonds. The summed E-state index contributed by atoms with van der Waals surface area (Å²) in [6.07, 6.45) is -0.458. The zero-order valence-electron chi connectivity index (χ0n) is 15.8. The Labute approximate surface area is 154 Å². The molecule has 5 nitrogen and oxygen atoms in total. The lowest BCUT2D eigenvalue weighted by molar-refractivity contribution is -0.125. The van der Waals surface area contributed by atoms with Crippen LogP contribution in [0.1, 0.15) is 45.6 Å². The number of carbonyl (C=O) groups excluding carboxylic acids is 2. The molecule has 1 aromatic rings. The van der Waals surface area contributed by atoms with Crippen molar-refractivity contribution in [1.29, 1.82) is 0 Å². The van der Waals surface area contributed by atoms with Gasteiger partial charge in [-0.2, -0.15) is 0 Å². The summed E-state index contributed by atoms with van der Waals surface area (Å²) in [5, 5.41) is 13.6. The number of nitrogens with one attached hydrogen (secondary N) is 1. The molecule has 1 aliphatic carbocycles. The maximum Gasteiger partial charge on any atom is 0.237 e. The summed E-state index contributed by atoms with van der Waals surface area (Å²) in [7, 11) is 0. The molecule has 4 N–H and O–H groups in total. The molecule has 0 bridgehead atoms. The molecule has 1 fully saturated rings. The van der Waals surface area contributed by atoms with Gasteiger partial charge >= 0.3 is 0 Å². The van der Waals surface area contributed by atoms with E-state index in [9.17, 15) is 19.1 Å². The molecule has 2 rings (SSSR count). The summed E-state index contributed by atoms with van der Waals surface area (Å²) in [5.41, 5.74) is 6.61. The van der Waals surface area contributed by atoms with Gasteiger partial charge in [-0.3, -0.25) is 9.59 Å². The second-order valence-electron chi connectivity index (χ2n) is 7.96. The van der Waals surface area contributed by atoms with Crippen LogP contribution < -0.4 is 11.1 Å². The van der Waals surface area contributed by atoms with E-state index in [-0.39, 0.29) is 29.3 Å². The largest absolute Gasteiger partial charge is 0.390 e. The van der Waals surface area contributed by atoms with Gasteiger partial charge in [-0.15, -0.1) is 0 Å². The fourth-order valence-corrected chi connectivity index (χ4v) is 3.42. The Morgan fingerprint density at radius 2 is 1.81 bits per heavy atom. The molecule has 2 unspecified atom stereocenters. The van der Waals surface area contributed by atoms with Gasteiger partial charge in [0.1, 0.15) is 11.6 Å². The van der Waals surface area contributed by atoms with E-state index in [2.05, 4.69) is 5.32 Å². The summed E-state index contributed by atoms with van der Waals surface area (Å²) in [6, 6.07) is 4.51. The minimum atomic E-state index is -1.01. The highest BCUT2D eigenvalue weighted by atomic mass is 19.1. The van der Waals surface area contributed by atoms with E-state index < -0.39 is 30.0 Å². The molecule has 0 saturated heterocycles. The van der Waals surface area contributed by atoms with E-state index in [0.717, 1.165) is 0 Å². The Morgan fingerprint density at radius 1 is 1.23 bits per heavy atom. The Morgan fingerprint density at radius 3 is 2.31 bits per heavy atom. The van der Waals surface area contributed by atoms with Crippen LogP contribution in [0.25, 0.3) is 0 Å². The second-order valence-corrected chi connectivity index (χ2v) is 7.96. The van der Waals surface area contributed by atoms with Gasteiger partial charge < -0.3 is 16.2 Å². The van der Waals surface area contributed by atoms with Crippen molar-refractivity contribution in [2.24, 2.45) is 23.5 Å². The number of halogens is 1. The first-order chi connectivity index (χ1) is 12.1. The Balaban J connectivity index is 2.06. The van der Waals surface area contributed by atoms with Crippen molar-refractivity contribution in [3.63, 3.8) is 0 Å². The summed E-state index contributed by atoms with van der Waals surface area (Å²) in [4.78, 5) is 24.6. The highest BCUT2D eigenvalue weighted by Crippen LogP contribution is 2.46. The van der Waals surface area contributed by atoms with E-state index in [1.165, 1.54) is 12.1 Å². The van der Waals surface area contributed by atoms with Crippen molar-refractivity contribution >= 4 is 11.7 Å². The SMILES string of the molecule is CC(C)C[C@H](N)C(=O)N[C@@H](C(C)C)[C@@H](O)C1C(=O)C1c1ccc(F)cc1. The number of Topliss-reactive ketones (excluding diaryl/α,β-unsaturated/α-hetero) is 1. The van der Waals surface area contributed by atoms with Crippen LogP contribution in [-0.2, 0) is 9.59 Å². The number of nitrogens with two attached hydrogens (primary N) is 1. The average Bonchev–Trinajstić information content (AvgIpc) is 3.22. The number of amides is 1. The maximum absolute atomic E-state index is 13.1. The van der Waals surface area contributed by atoms with Crippen LogP contribution in [-0.4, -0.2) is 35.0 Å². The second kappa shape index (κ2) is 8.27. The quantitative estimate of drug-likeness (QED) is 0.658. The van der Waals surface area contributed by atoms with Crippen LogP contribution in [0.2, 0.25) is 0 Å². The third kappa shape index (κ3) is 4.68. The van der Waals surface area contributed by atoms with Gasteiger partial charge in [0.05, 0.1) is 30.0 Å². The first-order valence-corrected chi connectivity index (χ1v) is 9.16. The number of aliphatic hydroxyl groups is 1. The predicted octanol–water partition coefficient (Wildman–Crippen LogP) is 1.98. The van der Waals surface area contributed by atoms with Crippen molar-refractivity contribution in [2.75, 3.05) is 0 Å². The van der Waals surface area contributed by atoms with E-state index in [0.29, 0.717) is 12.0 Å². The number of ketones is 1. The highest BCUT2D eigenvalue weighted by molar-refractivity contribution is 6.05. The average molecular weight is 364 g/mol. The number of hydrogen-bond acceptors (Lipinski definition) is 4. The van der Waals surface area contributed by atoms with Gasteiger partial charge in [0, 0.05) is 0 Å². The summed E-state index contributed by atoms with van der Waals surface area (Å²) in [6.45, 7) is 7.72. The molecule has 0 heterocycles. The molecule has 26 heavy (non-hydrogen) atoms. The first-order valence-electron chi connectivity index (χ1n) is 9.16. The van der Waals surface area contributed by atoms with Crippen LogP contribution in [0.5, 0.6) is 0 Å². The fraction of sp³-hybridized carbons (Fsp3) is 0.600. The lowest BCUT2D eigenvalue weighted by atomic mass is 9.92. The van der Waals surface area contributed by atoms with Gasteiger partial charge in [-0.25, -0.2) is 4.39 Å². The van der Waals surface area contributed by atoms with Crippen LogP contribution >= 0.6 is 0 Å². The maximum atomic E-state index is 13.1. The van der Waals surface area contributed by atoms with Crippen molar-refractivity contribution < 1.29 is 19.1 Å². The van der Waals surface area contributed by atoms with Crippen LogP contribution in [0, 0.1) is 23.6 Å². The van der Waals surface area contributed by atoms with Gasteiger partial charge in [-0.05, 0) is 36.0 Å². The first kappa shape index (κ1) is 20.5. The van der Waals surface area contributed by atoms with E-state index in [4.69, 9.17) is 5.73 Å². The predicted molar refractivity (Wildman–Crippen MR) is 97.8 cm³/mol. The molecule has 6 heteroatoms. The smallest absolute Gasteiger partial charge is 0.237 e. The van der Waals surface area contributed by atoms with Crippen molar-refractivity contribution in [3.05, 3.63) is 35.6 Å². The molecule has 0 aliphatic heterocycles. The molecule has 0 aromatic heterocycles. The molecule has 1 aliphatic rings. The summed E-state index contributed by atoms with van der Waals surface area (Å²) < 4.78 is 13.1. The third-order valence-corrected chi connectivity index (χ3v) is 4.94. The Hall–Kier alpha value is -1.79. The minimum Gasteiger partial charge on any atom is -0.390 e. The van der Waals surface area contributed by atoms with Crippen molar-refractivity contribution in [1.82, 2.24) is 5.32 Å². The van der Waals surface area contributed by atoms with Gasteiger partial charge in [-0.1, -0.05) is 39.8 Å². The minimum absolute atomic E-state index is 0.0672. The van der Waals surface area contributed by atoms with Crippen molar-refractivity contribution in [3.8, 4) is 0 Å². The summed E-state index contributed by atoms with van der Waals surface area (Å²) >= 11 is 0. The van der Waals surface area contributed by atoms with Crippen LogP contribution in [0.3, 0.4) is 0 Å². The van der Waals surface area contributed by atoms with E-state index in [1.807, 2.05) is 27.7 Å². The number of rotatable bonds is 8. The number of aliphatic hydroxyl groups excluding tert-OH is 1. The molecule has 1 aromatic carbocycles. The lowest BCUT2D eigenvalue weighted by Crippen LogP contribution is -2.53. The Kier molecular flexibility index (Phi) is 6.53. The molecule has 144 valence electrons. The number of benzene rings is 1. The zero-order chi connectivity index (χ0) is 19.6. The number of hydrogen-bond donors (Lipinski definition) is 3. The summed E-state index contributed by atoms with van der Waals surface area (Å²) in [5.74, 6) is -1.60. The van der Waals surface area contributed by atoms with Crippen LogP contribution in [0.15, 0.2) is 24.3 Å². The number of carbonyl (C=O) groups is 2. The van der Waals surface area contributed by atoms with Gasteiger partial charge in [0.2, 0.25) is 5.91 Å². The molecule has 0 spiro atoms. The zero-order valence-corrected chi connectivity index (χ0v) is 15.8. The topological polar surface area (TPSA) is 92.4 Å². The lowest BCUT2D eigenvalue weighted by Gasteiger charge is -2.29.